The monoisotopic (exact) mass is 227 g/mol. The minimum absolute atomic E-state index is 0.0579. The van der Waals surface area contributed by atoms with E-state index in [1.807, 2.05) is 0 Å². The van der Waals surface area contributed by atoms with Crippen LogP contribution in [-0.4, -0.2) is 11.2 Å². The number of rotatable bonds is 3. The lowest BCUT2D eigenvalue weighted by atomic mass is 9.97. The molecule has 2 rings (SSSR count). The van der Waals surface area contributed by atoms with Crippen LogP contribution in [-0.2, 0) is 0 Å². The highest BCUT2D eigenvalue weighted by Gasteiger charge is 2.35. The van der Waals surface area contributed by atoms with E-state index in [9.17, 15) is 13.9 Å². The van der Waals surface area contributed by atoms with Crippen LogP contribution in [0, 0.1) is 24.5 Å². The highest BCUT2D eigenvalue weighted by atomic mass is 19.2. The highest BCUT2D eigenvalue weighted by Crippen LogP contribution is 2.37. The minimum Gasteiger partial charge on any atom is -0.391 e. The Morgan fingerprint density at radius 1 is 1.31 bits per heavy atom. The van der Waals surface area contributed by atoms with Crippen molar-refractivity contribution in [1.82, 2.24) is 0 Å². The molecule has 1 aromatic rings. The number of nitrogens with two attached hydrogens (primary N) is 1. The Hall–Kier alpha value is -1.00. The number of aliphatic hydroxyl groups is 1. The Morgan fingerprint density at radius 2 is 1.94 bits per heavy atom. The van der Waals surface area contributed by atoms with Crippen molar-refractivity contribution in [3.8, 4) is 0 Å². The van der Waals surface area contributed by atoms with E-state index in [4.69, 9.17) is 5.73 Å². The lowest BCUT2D eigenvalue weighted by Gasteiger charge is -2.19. The normalized spacial score (nSPS) is 19.6. The van der Waals surface area contributed by atoms with E-state index >= 15 is 0 Å². The number of aryl methyl sites for hydroxylation is 1. The fraction of sp³-hybridized carbons (Fsp3) is 0.500. The maximum Gasteiger partial charge on any atom is 0.163 e. The number of hydrogen-bond acceptors (Lipinski definition) is 2. The number of benzene rings is 1. The standard InChI is InChI=1S/C12H15F2NO/c1-6-2-5-8(10(14)9(6)13)11(15)12(16)7-3-4-7/h2,5,7,11-12,16H,3-4,15H2,1H3/t11-,12+/m0/s1. The molecule has 0 amide bonds. The first kappa shape index (κ1) is 11.5. The van der Waals surface area contributed by atoms with Crippen molar-refractivity contribution < 1.29 is 13.9 Å². The second-order valence-corrected chi connectivity index (χ2v) is 4.45. The van der Waals surface area contributed by atoms with Gasteiger partial charge in [-0.3, -0.25) is 0 Å². The summed E-state index contributed by atoms with van der Waals surface area (Å²) < 4.78 is 26.9. The van der Waals surface area contributed by atoms with Crippen molar-refractivity contribution in [1.29, 1.82) is 0 Å². The fourth-order valence-electron chi connectivity index (χ4n) is 1.83. The molecule has 0 saturated heterocycles. The van der Waals surface area contributed by atoms with E-state index in [1.54, 1.807) is 0 Å². The molecule has 4 heteroatoms. The third-order valence-electron chi connectivity index (χ3n) is 3.14. The van der Waals surface area contributed by atoms with Gasteiger partial charge in [0.05, 0.1) is 12.1 Å². The summed E-state index contributed by atoms with van der Waals surface area (Å²) in [7, 11) is 0. The van der Waals surface area contributed by atoms with E-state index in [0.717, 1.165) is 12.8 Å². The quantitative estimate of drug-likeness (QED) is 0.830. The highest BCUT2D eigenvalue weighted by molar-refractivity contribution is 5.28. The SMILES string of the molecule is Cc1ccc([C@H](N)[C@H](O)C2CC2)c(F)c1F. The molecular formula is C12H15F2NO. The lowest BCUT2D eigenvalue weighted by Crippen LogP contribution is -2.29. The molecule has 0 spiro atoms. The van der Waals surface area contributed by atoms with Crippen LogP contribution in [0.4, 0.5) is 8.78 Å². The van der Waals surface area contributed by atoms with Gasteiger partial charge in [0.25, 0.3) is 0 Å². The van der Waals surface area contributed by atoms with Gasteiger partial charge < -0.3 is 10.8 Å². The van der Waals surface area contributed by atoms with E-state index in [-0.39, 0.29) is 17.0 Å². The second kappa shape index (κ2) is 4.11. The Morgan fingerprint density at radius 3 is 2.50 bits per heavy atom. The molecular weight excluding hydrogens is 212 g/mol. The molecule has 1 aliphatic carbocycles. The molecule has 0 aromatic heterocycles. The van der Waals surface area contributed by atoms with Crippen molar-refractivity contribution in [2.24, 2.45) is 11.7 Å². The molecule has 1 aromatic carbocycles. The van der Waals surface area contributed by atoms with Gasteiger partial charge in [0, 0.05) is 5.56 Å². The summed E-state index contributed by atoms with van der Waals surface area (Å²) in [6.45, 7) is 1.49. The molecule has 1 saturated carbocycles. The van der Waals surface area contributed by atoms with Gasteiger partial charge in [0.1, 0.15) is 0 Å². The summed E-state index contributed by atoms with van der Waals surface area (Å²) in [5.41, 5.74) is 6.05. The van der Waals surface area contributed by atoms with Gasteiger partial charge in [-0.15, -0.1) is 0 Å². The average Bonchev–Trinajstić information content (AvgIpc) is 3.08. The number of halogens is 2. The molecule has 0 radical (unpaired) electrons. The summed E-state index contributed by atoms with van der Waals surface area (Å²) in [4.78, 5) is 0. The molecule has 0 bridgehead atoms. The predicted molar refractivity (Wildman–Crippen MR) is 56.8 cm³/mol. The van der Waals surface area contributed by atoms with Crippen LogP contribution < -0.4 is 5.73 Å². The van der Waals surface area contributed by atoms with E-state index in [1.165, 1.54) is 19.1 Å². The van der Waals surface area contributed by atoms with Gasteiger partial charge in [-0.2, -0.15) is 0 Å². The Kier molecular flexibility index (Phi) is 2.95. The molecule has 0 heterocycles. The van der Waals surface area contributed by atoms with E-state index in [2.05, 4.69) is 0 Å². The van der Waals surface area contributed by atoms with Gasteiger partial charge >= 0.3 is 0 Å². The first-order valence-electron chi connectivity index (χ1n) is 5.40. The third-order valence-corrected chi connectivity index (χ3v) is 3.14. The molecule has 0 unspecified atom stereocenters. The Balaban J connectivity index is 2.29. The summed E-state index contributed by atoms with van der Waals surface area (Å²) in [6, 6.07) is 2.08. The summed E-state index contributed by atoms with van der Waals surface area (Å²) in [5, 5.41) is 9.78. The van der Waals surface area contributed by atoms with Gasteiger partial charge in [0.2, 0.25) is 0 Å². The van der Waals surface area contributed by atoms with Crippen molar-refractivity contribution >= 4 is 0 Å². The lowest BCUT2D eigenvalue weighted by molar-refractivity contribution is 0.120. The molecule has 2 atom stereocenters. The Labute approximate surface area is 93.1 Å². The number of aliphatic hydroxyl groups excluding tert-OH is 1. The maximum atomic E-state index is 13.6. The molecule has 1 fully saturated rings. The topological polar surface area (TPSA) is 46.2 Å². The molecule has 16 heavy (non-hydrogen) atoms. The average molecular weight is 227 g/mol. The largest absolute Gasteiger partial charge is 0.391 e. The molecule has 2 nitrogen and oxygen atoms in total. The molecule has 88 valence electrons. The van der Waals surface area contributed by atoms with Gasteiger partial charge in [-0.1, -0.05) is 12.1 Å². The third kappa shape index (κ3) is 1.95. The van der Waals surface area contributed by atoms with Crippen molar-refractivity contribution in [3.05, 3.63) is 34.9 Å². The van der Waals surface area contributed by atoms with E-state index in [0.29, 0.717) is 0 Å². The van der Waals surface area contributed by atoms with Crippen LogP contribution in [0.25, 0.3) is 0 Å². The van der Waals surface area contributed by atoms with Crippen LogP contribution in [0.15, 0.2) is 12.1 Å². The smallest absolute Gasteiger partial charge is 0.163 e. The zero-order valence-corrected chi connectivity index (χ0v) is 9.08. The summed E-state index contributed by atoms with van der Waals surface area (Å²) in [6.07, 6.45) is 1.03. The zero-order chi connectivity index (χ0) is 11.9. The van der Waals surface area contributed by atoms with Crippen LogP contribution in [0.5, 0.6) is 0 Å². The van der Waals surface area contributed by atoms with Crippen LogP contribution in [0.3, 0.4) is 0 Å². The molecule has 3 N–H and O–H groups in total. The molecule has 1 aliphatic rings. The van der Waals surface area contributed by atoms with Gasteiger partial charge in [-0.05, 0) is 31.2 Å². The second-order valence-electron chi connectivity index (χ2n) is 4.45. The van der Waals surface area contributed by atoms with Crippen LogP contribution in [0.2, 0.25) is 0 Å². The van der Waals surface area contributed by atoms with E-state index < -0.39 is 23.8 Å². The van der Waals surface area contributed by atoms with Gasteiger partial charge in [-0.25, -0.2) is 8.78 Å². The first-order valence-corrected chi connectivity index (χ1v) is 5.40. The summed E-state index contributed by atoms with van der Waals surface area (Å²) >= 11 is 0. The maximum absolute atomic E-state index is 13.6. The minimum atomic E-state index is -0.938. The van der Waals surface area contributed by atoms with Crippen molar-refractivity contribution in [3.63, 3.8) is 0 Å². The van der Waals surface area contributed by atoms with Crippen LogP contribution in [0.1, 0.15) is 30.0 Å². The van der Waals surface area contributed by atoms with Crippen molar-refractivity contribution in [2.45, 2.75) is 31.9 Å². The predicted octanol–water partition coefficient (Wildman–Crippen LogP) is 2.04. The van der Waals surface area contributed by atoms with Crippen LogP contribution >= 0.6 is 0 Å². The Bertz CT molecular complexity index is 404. The fourth-order valence-corrected chi connectivity index (χ4v) is 1.83. The van der Waals surface area contributed by atoms with Gasteiger partial charge in [0.15, 0.2) is 11.6 Å². The number of hydrogen-bond donors (Lipinski definition) is 2. The molecule has 0 aliphatic heterocycles. The summed E-state index contributed by atoms with van der Waals surface area (Å²) in [5.74, 6) is -1.68. The zero-order valence-electron chi connectivity index (χ0n) is 9.08. The first-order chi connectivity index (χ1) is 7.52. The van der Waals surface area contributed by atoms with Crippen molar-refractivity contribution in [2.75, 3.05) is 0 Å².